The molecule has 172 valence electrons. The molecule has 2 heterocycles. The number of hydrogen-bond donors (Lipinski definition) is 0. The van der Waals surface area contributed by atoms with Crippen molar-refractivity contribution in [2.24, 2.45) is 0 Å². The number of alkyl halides is 1. The largest absolute Gasteiger partial charge is 0.459 e. The lowest BCUT2D eigenvalue weighted by atomic mass is 10.1. The Kier molecular flexibility index (Phi) is 6.67. The minimum absolute atomic E-state index is 0.0313. The number of esters is 1. The summed E-state index contributed by atoms with van der Waals surface area (Å²) in [5.41, 5.74) is 0.000278. The van der Waals surface area contributed by atoms with Gasteiger partial charge in [-0.3, -0.25) is 14.4 Å². The molecular weight excluding hydrogens is 502 g/mol. The van der Waals surface area contributed by atoms with Crippen molar-refractivity contribution in [2.45, 2.75) is 61.9 Å². The molecule has 3 rings (SSSR count). The second-order valence-corrected chi connectivity index (χ2v) is 11.1. The molecule has 2 atom stereocenters. The zero-order chi connectivity index (χ0) is 23.8. The second-order valence-electron chi connectivity index (χ2n) is 8.59. The highest BCUT2D eigenvalue weighted by Gasteiger charge is 2.38. The van der Waals surface area contributed by atoms with Crippen molar-refractivity contribution in [2.75, 3.05) is 0 Å². The van der Waals surface area contributed by atoms with Crippen LogP contribution in [-0.2, 0) is 30.9 Å². The summed E-state index contributed by atoms with van der Waals surface area (Å²) in [6, 6.07) is 7.72. The molecular formula is C22H24BrNO7S. The van der Waals surface area contributed by atoms with Gasteiger partial charge in [-0.05, 0) is 52.7 Å². The average Bonchev–Trinajstić information content (AvgIpc) is 3.10. The molecule has 2 aromatic rings. The van der Waals surface area contributed by atoms with E-state index >= 15 is 0 Å². The van der Waals surface area contributed by atoms with E-state index in [-0.39, 0.29) is 10.6 Å². The number of Topliss-reactive ketones (excluding diaryl/α,β-unsaturated/α-hetero) is 1. The number of nitrogens with zero attached hydrogens (tertiary/aromatic N) is 1. The van der Waals surface area contributed by atoms with Crippen molar-refractivity contribution < 1.29 is 26.9 Å². The molecule has 0 saturated carbocycles. The number of ketones is 1. The molecule has 0 amide bonds. The lowest BCUT2D eigenvalue weighted by Gasteiger charge is -2.22. The Morgan fingerprint density at radius 3 is 2.38 bits per heavy atom. The van der Waals surface area contributed by atoms with Crippen LogP contribution < -0.4 is 9.74 Å². The predicted octanol–water partition coefficient (Wildman–Crippen LogP) is 3.09. The molecule has 0 spiro atoms. The van der Waals surface area contributed by atoms with Crippen LogP contribution in [0.2, 0.25) is 0 Å². The van der Waals surface area contributed by atoms with Crippen LogP contribution in [0.15, 0.2) is 46.1 Å². The van der Waals surface area contributed by atoms with E-state index in [2.05, 4.69) is 15.9 Å². The Bertz CT molecular complexity index is 1210. The molecule has 0 fully saturated rings. The molecule has 1 aliphatic heterocycles. The van der Waals surface area contributed by atoms with Crippen molar-refractivity contribution in [3.05, 3.63) is 58.0 Å². The topological polar surface area (TPSA) is 109 Å². The van der Waals surface area contributed by atoms with Crippen LogP contribution in [0.4, 0.5) is 0 Å². The van der Waals surface area contributed by atoms with Gasteiger partial charge in [0.15, 0.2) is 10.6 Å². The minimum atomic E-state index is -4.12. The number of fused-ring (bicyclic) bond motifs is 1. The number of aromatic nitrogens is 1. The molecule has 32 heavy (non-hydrogen) atoms. The van der Waals surface area contributed by atoms with Crippen molar-refractivity contribution in [3.8, 4) is 5.75 Å². The van der Waals surface area contributed by atoms with Gasteiger partial charge in [-0.1, -0.05) is 33.6 Å². The van der Waals surface area contributed by atoms with E-state index in [1.165, 1.54) is 22.8 Å². The Hall–Kier alpha value is -2.46. The van der Waals surface area contributed by atoms with E-state index in [0.717, 1.165) is 11.6 Å². The fourth-order valence-corrected chi connectivity index (χ4v) is 4.72. The lowest BCUT2D eigenvalue weighted by molar-refractivity contribution is -0.155. The van der Waals surface area contributed by atoms with E-state index in [1.54, 1.807) is 32.9 Å². The third-order valence-corrected chi connectivity index (χ3v) is 6.90. The van der Waals surface area contributed by atoms with Crippen LogP contribution in [0.1, 0.15) is 44.5 Å². The zero-order valence-electron chi connectivity index (χ0n) is 18.1. The molecule has 0 saturated heterocycles. The Balaban J connectivity index is 1.83. The summed E-state index contributed by atoms with van der Waals surface area (Å²) in [6.45, 7) is 6.90. The number of hydrogen-bond acceptors (Lipinski definition) is 7. The van der Waals surface area contributed by atoms with Crippen LogP contribution in [0.3, 0.4) is 0 Å². The number of carbonyl (C=O) groups is 2. The zero-order valence-corrected chi connectivity index (χ0v) is 20.5. The normalized spacial score (nSPS) is 16.8. The first-order chi connectivity index (χ1) is 14.8. The predicted molar refractivity (Wildman–Crippen MR) is 121 cm³/mol. The summed E-state index contributed by atoms with van der Waals surface area (Å²) in [4.78, 5) is 36.6. The minimum Gasteiger partial charge on any atom is -0.459 e. The summed E-state index contributed by atoms with van der Waals surface area (Å²) in [7, 11) is -4.12. The van der Waals surface area contributed by atoms with Crippen LogP contribution in [0, 0.1) is 6.92 Å². The average molecular weight is 526 g/mol. The second kappa shape index (κ2) is 8.82. The number of aryl methyl sites for hydroxylation is 2. The van der Waals surface area contributed by atoms with E-state index in [4.69, 9.17) is 8.92 Å². The van der Waals surface area contributed by atoms with E-state index in [9.17, 15) is 22.8 Å². The highest BCUT2D eigenvalue weighted by atomic mass is 79.9. The molecule has 0 aliphatic carbocycles. The summed E-state index contributed by atoms with van der Waals surface area (Å²) >= 11 is 3.09. The first-order valence-electron chi connectivity index (χ1n) is 9.96. The molecule has 10 heteroatoms. The Labute approximate surface area is 194 Å². The fourth-order valence-electron chi connectivity index (χ4n) is 3.40. The third-order valence-electron chi connectivity index (χ3n) is 4.81. The summed E-state index contributed by atoms with van der Waals surface area (Å²) in [5, 5.41) is 0. The standard InChI is InChI=1S/C22H24BrNO7S/c1-13-5-8-16(9-6-13)32(28,29)31-15-11-14-7-10-17(24(14)18(25)12-15)20(26)19(23)21(27)30-22(2,3)4/h5-6,8-9,11-12,17,19H,7,10H2,1-4H3/t17-,19?/m0/s1. The Morgan fingerprint density at radius 1 is 1.16 bits per heavy atom. The van der Waals surface area contributed by atoms with Gasteiger partial charge in [0.05, 0.1) is 6.04 Å². The molecule has 8 nitrogen and oxygen atoms in total. The van der Waals surface area contributed by atoms with Gasteiger partial charge in [-0.2, -0.15) is 8.42 Å². The van der Waals surface area contributed by atoms with Gasteiger partial charge in [0.25, 0.3) is 5.56 Å². The highest BCUT2D eigenvalue weighted by molar-refractivity contribution is 9.10. The molecule has 1 aliphatic rings. The molecule has 0 N–H and O–H groups in total. The SMILES string of the molecule is Cc1ccc(S(=O)(=O)Oc2cc3n(c(=O)c2)[C@H](C(=O)C(Br)C(=O)OC(C)(C)C)CC3)cc1. The van der Waals surface area contributed by atoms with E-state index < -0.39 is 43.9 Å². The van der Waals surface area contributed by atoms with E-state index in [1.807, 2.05) is 6.92 Å². The van der Waals surface area contributed by atoms with Gasteiger partial charge in [0.1, 0.15) is 16.2 Å². The number of ether oxygens (including phenoxy) is 1. The lowest BCUT2D eigenvalue weighted by Crippen LogP contribution is -2.38. The number of pyridine rings is 1. The smallest absolute Gasteiger partial charge is 0.339 e. The number of rotatable bonds is 6. The fraction of sp³-hybridized carbons (Fsp3) is 0.409. The van der Waals surface area contributed by atoms with Crippen molar-refractivity contribution in [1.29, 1.82) is 0 Å². The van der Waals surface area contributed by atoms with Crippen LogP contribution in [0.5, 0.6) is 5.75 Å². The highest BCUT2D eigenvalue weighted by Crippen LogP contribution is 2.30. The number of halogens is 1. The van der Waals surface area contributed by atoms with Gasteiger partial charge >= 0.3 is 16.1 Å². The molecule has 0 radical (unpaired) electrons. The molecule has 1 aromatic carbocycles. The maximum atomic E-state index is 12.9. The maximum Gasteiger partial charge on any atom is 0.339 e. The van der Waals surface area contributed by atoms with Crippen LogP contribution >= 0.6 is 15.9 Å². The van der Waals surface area contributed by atoms with Crippen molar-refractivity contribution >= 4 is 37.8 Å². The molecule has 0 bridgehead atoms. The Morgan fingerprint density at radius 2 is 1.78 bits per heavy atom. The van der Waals surface area contributed by atoms with Crippen LogP contribution in [0.25, 0.3) is 0 Å². The maximum absolute atomic E-state index is 12.9. The van der Waals surface area contributed by atoms with Gasteiger partial charge in [0.2, 0.25) is 0 Å². The van der Waals surface area contributed by atoms with Crippen LogP contribution in [-0.4, -0.2) is 35.2 Å². The van der Waals surface area contributed by atoms with Gasteiger partial charge in [-0.15, -0.1) is 0 Å². The summed E-state index contributed by atoms with van der Waals surface area (Å²) in [6.07, 6.45) is 0.647. The van der Waals surface area contributed by atoms with E-state index in [0.29, 0.717) is 18.5 Å². The van der Waals surface area contributed by atoms with Crippen molar-refractivity contribution in [1.82, 2.24) is 4.57 Å². The molecule has 1 unspecified atom stereocenters. The van der Waals surface area contributed by atoms with Gasteiger partial charge < -0.3 is 13.5 Å². The quantitative estimate of drug-likeness (QED) is 0.246. The first-order valence-corrected chi connectivity index (χ1v) is 12.3. The number of benzene rings is 1. The third kappa shape index (κ3) is 5.29. The summed E-state index contributed by atoms with van der Waals surface area (Å²) in [5.74, 6) is -1.35. The van der Waals surface area contributed by atoms with Gasteiger partial charge in [-0.25, -0.2) is 0 Å². The van der Waals surface area contributed by atoms with Gasteiger partial charge in [0, 0.05) is 17.8 Å². The monoisotopic (exact) mass is 525 g/mol. The molecule has 1 aromatic heterocycles. The van der Waals surface area contributed by atoms with Crippen molar-refractivity contribution in [3.63, 3.8) is 0 Å². The first kappa shape index (κ1) is 24.2. The summed E-state index contributed by atoms with van der Waals surface area (Å²) < 4.78 is 36.7. The number of carbonyl (C=O) groups excluding carboxylic acids is 2.